The van der Waals surface area contributed by atoms with Crippen molar-refractivity contribution in [2.45, 2.75) is 26.3 Å². The van der Waals surface area contributed by atoms with Crippen LogP contribution in [0.4, 0.5) is 0 Å². The molecule has 5 rings (SSSR count). The van der Waals surface area contributed by atoms with Crippen LogP contribution in [0.3, 0.4) is 0 Å². The fourth-order valence-corrected chi connectivity index (χ4v) is 4.99. The monoisotopic (exact) mass is 581 g/mol. The zero-order chi connectivity index (χ0) is 29.5. The number of halogens is 1. The van der Waals surface area contributed by atoms with Crippen LogP contribution in [-0.4, -0.2) is 40.1 Å². The summed E-state index contributed by atoms with van der Waals surface area (Å²) in [5.74, 6) is 1.47. The molecule has 0 bridgehead atoms. The highest BCUT2D eigenvalue weighted by molar-refractivity contribution is 6.30. The maximum atomic E-state index is 13.9. The van der Waals surface area contributed by atoms with E-state index in [2.05, 4.69) is 0 Å². The molecule has 0 N–H and O–H groups in total. The van der Waals surface area contributed by atoms with Crippen LogP contribution in [0, 0.1) is 0 Å². The number of hydrogen-bond acceptors (Lipinski definition) is 5. The van der Waals surface area contributed by atoms with Gasteiger partial charge in [0.1, 0.15) is 17.3 Å². The summed E-state index contributed by atoms with van der Waals surface area (Å²) >= 11 is 6.01. The number of nitrogens with zero attached hydrogens (tertiary/aromatic N) is 3. The Bertz CT molecular complexity index is 1700. The zero-order valence-electron chi connectivity index (χ0n) is 23.6. The molecule has 0 spiro atoms. The van der Waals surface area contributed by atoms with Gasteiger partial charge in [-0.25, -0.2) is 4.98 Å². The molecule has 0 fully saturated rings. The Hall–Kier alpha value is -4.62. The minimum Gasteiger partial charge on any atom is -0.494 e. The first-order chi connectivity index (χ1) is 20.4. The second-order valence-corrected chi connectivity index (χ2v) is 10.2. The summed E-state index contributed by atoms with van der Waals surface area (Å²) in [4.78, 5) is 34.4. The first-order valence-electron chi connectivity index (χ1n) is 13.9. The molecule has 1 amide bonds. The predicted octanol–water partition coefficient (Wildman–Crippen LogP) is 6.65. The van der Waals surface area contributed by atoms with E-state index >= 15 is 0 Å². The molecule has 1 heterocycles. The molecule has 0 saturated carbocycles. The van der Waals surface area contributed by atoms with E-state index in [1.54, 1.807) is 39.8 Å². The highest BCUT2D eigenvalue weighted by atomic mass is 35.5. The molecule has 0 aliphatic heterocycles. The zero-order valence-corrected chi connectivity index (χ0v) is 24.3. The van der Waals surface area contributed by atoms with Gasteiger partial charge in [-0.3, -0.25) is 14.2 Å². The first-order valence-corrected chi connectivity index (χ1v) is 14.3. The SMILES string of the molecule is CCOc1ccc(-n2c(C(C)N(CCc3ccccc3)C(=O)COc3ccc(Cl)cc3)nc3ccccc3c2=O)cc1. The maximum absolute atomic E-state index is 13.9. The number of benzene rings is 4. The molecule has 1 unspecified atom stereocenters. The van der Waals surface area contributed by atoms with E-state index in [0.29, 0.717) is 58.5 Å². The Balaban J connectivity index is 1.54. The number of aromatic nitrogens is 2. The molecule has 8 heteroatoms. The van der Waals surface area contributed by atoms with Crippen LogP contribution in [0.25, 0.3) is 16.6 Å². The normalized spacial score (nSPS) is 11.7. The molecule has 42 heavy (non-hydrogen) atoms. The summed E-state index contributed by atoms with van der Waals surface area (Å²) in [6, 6.07) is 30.9. The Morgan fingerprint density at radius 3 is 2.24 bits per heavy atom. The van der Waals surface area contributed by atoms with Crippen LogP contribution in [0.15, 0.2) is 108 Å². The second-order valence-electron chi connectivity index (χ2n) is 9.80. The van der Waals surface area contributed by atoms with Crippen molar-refractivity contribution in [3.8, 4) is 17.2 Å². The summed E-state index contributed by atoms with van der Waals surface area (Å²) in [6.45, 7) is 4.58. The standard InChI is InChI=1S/C34H32ClN3O4/c1-3-41-28-19-15-27(16-20-28)38-33(36-31-12-8-7-11-30(31)34(38)40)24(2)37(22-21-25-9-5-4-6-10-25)32(39)23-42-29-17-13-26(35)14-18-29/h4-20,24H,3,21-23H2,1-2H3. The van der Waals surface area contributed by atoms with Gasteiger partial charge in [0.2, 0.25) is 0 Å². The topological polar surface area (TPSA) is 73.7 Å². The number of rotatable bonds is 11. The van der Waals surface area contributed by atoms with Gasteiger partial charge in [-0.15, -0.1) is 0 Å². The number of para-hydroxylation sites is 1. The molecule has 214 valence electrons. The van der Waals surface area contributed by atoms with Crippen molar-refractivity contribution in [3.63, 3.8) is 0 Å². The lowest BCUT2D eigenvalue weighted by Crippen LogP contribution is -2.41. The summed E-state index contributed by atoms with van der Waals surface area (Å²) < 4.78 is 13.0. The van der Waals surface area contributed by atoms with Crippen molar-refractivity contribution < 1.29 is 14.3 Å². The highest BCUT2D eigenvalue weighted by Crippen LogP contribution is 2.25. The third kappa shape index (κ3) is 6.64. The van der Waals surface area contributed by atoms with Crippen LogP contribution < -0.4 is 15.0 Å². The summed E-state index contributed by atoms with van der Waals surface area (Å²) in [5, 5.41) is 1.08. The molecule has 4 aromatic carbocycles. The third-order valence-corrected chi connectivity index (χ3v) is 7.28. The van der Waals surface area contributed by atoms with E-state index in [-0.39, 0.29) is 18.1 Å². The quantitative estimate of drug-likeness (QED) is 0.175. The van der Waals surface area contributed by atoms with Gasteiger partial charge in [0.05, 0.1) is 29.2 Å². The number of amides is 1. The lowest BCUT2D eigenvalue weighted by Gasteiger charge is -2.30. The molecule has 0 aliphatic carbocycles. The average Bonchev–Trinajstić information content (AvgIpc) is 3.02. The van der Waals surface area contributed by atoms with Crippen LogP contribution in [0.1, 0.15) is 31.3 Å². The lowest BCUT2D eigenvalue weighted by molar-refractivity contribution is -0.135. The lowest BCUT2D eigenvalue weighted by atomic mass is 10.1. The van der Waals surface area contributed by atoms with Gasteiger partial charge in [-0.2, -0.15) is 0 Å². The number of fused-ring (bicyclic) bond motifs is 1. The number of carbonyl (C=O) groups is 1. The van der Waals surface area contributed by atoms with Gasteiger partial charge in [-0.05, 0) is 86.5 Å². The van der Waals surface area contributed by atoms with Crippen LogP contribution in [-0.2, 0) is 11.2 Å². The fraction of sp³-hybridized carbons (Fsp3) is 0.206. The number of hydrogen-bond donors (Lipinski definition) is 0. The van der Waals surface area contributed by atoms with Crippen LogP contribution >= 0.6 is 11.6 Å². The molecule has 0 radical (unpaired) electrons. The van der Waals surface area contributed by atoms with E-state index in [1.807, 2.05) is 86.6 Å². The van der Waals surface area contributed by atoms with Gasteiger partial charge in [0.15, 0.2) is 6.61 Å². The van der Waals surface area contributed by atoms with Crippen molar-refractivity contribution in [3.05, 3.63) is 130 Å². The van der Waals surface area contributed by atoms with Gasteiger partial charge in [0, 0.05) is 11.6 Å². The summed E-state index contributed by atoms with van der Waals surface area (Å²) in [7, 11) is 0. The van der Waals surface area contributed by atoms with Gasteiger partial charge >= 0.3 is 0 Å². The molecule has 0 saturated heterocycles. The molecule has 1 atom stereocenters. The second kappa shape index (κ2) is 13.4. The Kier molecular flexibility index (Phi) is 9.19. The van der Waals surface area contributed by atoms with E-state index in [4.69, 9.17) is 26.1 Å². The van der Waals surface area contributed by atoms with Gasteiger partial charge in [0.25, 0.3) is 11.5 Å². The molecule has 0 aliphatic rings. The minimum atomic E-state index is -0.557. The Labute approximate surface area is 249 Å². The van der Waals surface area contributed by atoms with E-state index in [1.165, 1.54) is 0 Å². The predicted molar refractivity (Wildman–Crippen MR) is 166 cm³/mol. The van der Waals surface area contributed by atoms with E-state index in [9.17, 15) is 9.59 Å². The van der Waals surface area contributed by atoms with E-state index in [0.717, 1.165) is 5.56 Å². The van der Waals surface area contributed by atoms with Crippen LogP contribution in [0.2, 0.25) is 5.02 Å². The smallest absolute Gasteiger partial charge is 0.266 e. The average molecular weight is 582 g/mol. The van der Waals surface area contributed by atoms with Crippen molar-refractivity contribution in [1.82, 2.24) is 14.5 Å². The maximum Gasteiger partial charge on any atom is 0.266 e. The Morgan fingerprint density at radius 2 is 1.52 bits per heavy atom. The summed E-state index contributed by atoms with van der Waals surface area (Å²) in [5.41, 5.74) is 2.09. The molecule has 7 nitrogen and oxygen atoms in total. The molecule has 1 aromatic heterocycles. The van der Waals surface area contributed by atoms with Crippen molar-refractivity contribution in [2.24, 2.45) is 0 Å². The van der Waals surface area contributed by atoms with Gasteiger partial charge < -0.3 is 14.4 Å². The Morgan fingerprint density at radius 1 is 0.881 bits per heavy atom. The van der Waals surface area contributed by atoms with E-state index < -0.39 is 6.04 Å². The largest absolute Gasteiger partial charge is 0.494 e. The minimum absolute atomic E-state index is 0.179. The van der Waals surface area contributed by atoms with Crippen molar-refractivity contribution >= 4 is 28.4 Å². The van der Waals surface area contributed by atoms with Crippen molar-refractivity contribution in [1.29, 1.82) is 0 Å². The number of carbonyl (C=O) groups excluding carboxylic acids is 1. The first kappa shape index (κ1) is 28.9. The van der Waals surface area contributed by atoms with Crippen LogP contribution in [0.5, 0.6) is 11.5 Å². The molecular weight excluding hydrogens is 550 g/mol. The van der Waals surface area contributed by atoms with Gasteiger partial charge in [-0.1, -0.05) is 54.1 Å². The molecule has 5 aromatic rings. The number of ether oxygens (including phenoxy) is 2. The third-order valence-electron chi connectivity index (χ3n) is 7.03. The molecular formula is C34H32ClN3O4. The van der Waals surface area contributed by atoms with Crippen molar-refractivity contribution in [2.75, 3.05) is 19.8 Å². The summed E-state index contributed by atoms with van der Waals surface area (Å²) in [6.07, 6.45) is 0.624. The highest BCUT2D eigenvalue weighted by Gasteiger charge is 2.27. The fourth-order valence-electron chi connectivity index (χ4n) is 4.86.